The topological polar surface area (TPSA) is 35.2 Å². The van der Waals surface area contributed by atoms with E-state index >= 15 is 0 Å². The van der Waals surface area contributed by atoms with Crippen LogP contribution in [0.2, 0.25) is 5.02 Å². The largest absolute Gasteiger partial charge is 0.372 e. The summed E-state index contributed by atoms with van der Waals surface area (Å²) >= 11 is 5.90. The smallest absolute Gasteiger partial charge is 0.0975 e. The zero-order chi connectivity index (χ0) is 13.5. The van der Waals surface area contributed by atoms with Crippen LogP contribution < -0.4 is 5.73 Å². The summed E-state index contributed by atoms with van der Waals surface area (Å²) in [6.45, 7) is 7.22. The molecule has 18 heavy (non-hydrogen) atoms. The van der Waals surface area contributed by atoms with Gasteiger partial charge in [-0.1, -0.05) is 44.5 Å². The highest BCUT2D eigenvalue weighted by Crippen LogP contribution is 2.24. The van der Waals surface area contributed by atoms with E-state index in [4.69, 9.17) is 22.1 Å². The van der Waals surface area contributed by atoms with Crippen molar-refractivity contribution in [1.82, 2.24) is 0 Å². The van der Waals surface area contributed by atoms with Crippen molar-refractivity contribution in [2.45, 2.75) is 45.8 Å². The molecule has 3 heteroatoms. The highest BCUT2D eigenvalue weighted by atomic mass is 35.5. The number of nitrogens with two attached hydrogens (primary N) is 1. The van der Waals surface area contributed by atoms with E-state index in [2.05, 4.69) is 20.8 Å². The van der Waals surface area contributed by atoms with E-state index in [1.54, 1.807) is 0 Å². The van der Waals surface area contributed by atoms with Gasteiger partial charge in [-0.05, 0) is 36.5 Å². The van der Waals surface area contributed by atoms with Gasteiger partial charge in [-0.15, -0.1) is 0 Å². The summed E-state index contributed by atoms with van der Waals surface area (Å²) in [5.74, 6) is 0.647. The second-order valence-corrected chi connectivity index (χ2v) is 5.53. The summed E-state index contributed by atoms with van der Waals surface area (Å²) in [5, 5.41) is 0.741. The quantitative estimate of drug-likeness (QED) is 0.806. The van der Waals surface area contributed by atoms with Crippen molar-refractivity contribution in [2.24, 2.45) is 11.7 Å². The number of hydrogen-bond donors (Lipinski definition) is 1. The number of benzene rings is 1. The van der Waals surface area contributed by atoms with E-state index in [1.165, 1.54) is 0 Å². The Hall–Kier alpha value is -0.570. The van der Waals surface area contributed by atoms with Gasteiger partial charge in [-0.25, -0.2) is 0 Å². The molecule has 2 N–H and O–H groups in total. The minimum absolute atomic E-state index is 0.0262. The van der Waals surface area contributed by atoms with Gasteiger partial charge in [0, 0.05) is 17.7 Å². The molecule has 1 rings (SSSR count). The van der Waals surface area contributed by atoms with Gasteiger partial charge in [-0.2, -0.15) is 0 Å². The molecule has 0 radical (unpaired) electrons. The molecule has 0 saturated carbocycles. The normalized spacial score (nSPS) is 14.8. The molecule has 0 aliphatic carbocycles. The third kappa shape index (κ3) is 4.97. The Bertz CT molecular complexity index is 337. The Morgan fingerprint density at radius 2 is 1.83 bits per heavy atom. The molecule has 0 bridgehead atoms. The molecule has 0 spiro atoms. The maximum Gasteiger partial charge on any atom is 0.0975 e. The molecular formula is C15H24ClNO. The Balaban J connectivity index is 2.68. The van der Waals surface area contributed by atoms with Crippen LogP contribution in [0.1, 0.15) is 45.3 Å². The van der Waals surface area contributed by atoms with Crippen LogP contribution in [0.3, 0.4) is 0 Å². The number of ether oxygens (including phenoxy) is 1. The summed E-state index contributed by atoms with van der Waals surface area (Å²) in [7, 11) is 0. The monoisotopic (exact) mass is 269 g/mol. The number of halogens is 1. The van der Waals surface area contributed by atoms with Crippen molar-refractivity contribution in [2.75, 3.05) is 6.61 Å². The van der Waals surface area contributed by atoms with Crippen LogP contribution in [0.5, 0.6) is 0 Å². The van der Waals surface area contributed by atoms with Crippen LogP contribution in [-0.4, -0.2) is 12.6 Å². The zero-order valence-corrected chi connectivity index (χ0v) is 12.3. The fourth-order valence-electron chi connectivity index (χ4n) is 1.76. The number of hydrogen-bond acceptors (Lipinski definition) is 2. The van der Waals surface area contributed by atoms with E-state index in [0.717, 1.165) is 30.0 Å². The summed E-state index contributed by atoms with van der Waals surface area (Å²) in [6, 6.07) is 7.80. The van der Waals surface area contributed by atoms with Crippen molar-refractivity contribution in [3.8, 4) is 0 Å². The van der Waals surface area contributed by atoms with E-state index in [1.807, 2.05) is 24.3 Å². The van der Waals surface area contributed by atoms with Crippen molar-refractivity contribution < 1.29 is 4.74 Å². The Morgan fingerprint density at radius 3 is 2.33 bits per heavy atom. The minimum Gasteiger partial charge on any atom is -0.372 e. The van der Waals surface area contributed by atoms with E-state index in [-0.39, 0.29) is 12.1 Å². The third-order valence-electron chi connectivity index (χ3n) is 3.05. The third-order valence-corrected chi connectivity index (χ3v) is 3.30. The maximum atomic E-state index is 6.15. The lowest BCUT2D eigenvalue weighted by Gasteiger charge is -2.24. The van der Waals surface area contributed by atoms with Gasteiger partial charge in [0.15, 0.2) is 0 Å². The molecule has 0 aliphatic heterocycles. The first-order valence-corrected chi connectivity index (χ1v) is 7.05. The molecule has 0 fully saturated rings. The average Bonchev–Trinajstić information content (AvgIpc) is 2.35. The van der Waals surface area contributed by atoms with Gasteiger partial charge in [0.2, 0.25) is 0 Å². The Kier molecular flexibility index (Phi) is 6.69. The first-order chi connectivity index (χ1) is 8.54. The SMILES string of the molecule is CCC(N)C(OCCC(C)C)c1ccc(Cl)cc1. The van der Waals surface area contributed by atoms with Crippen LogP contribution in [0.25, 0.3) is 0 Å². The molecule has 0 aliphatic rings. The lowest BCUT2D eigenvalue weighted by Crippen LogP contribution is -2.30. The fraction of sp³-hybridized carbons (Fsp3) is 0.600. The molecule has 1 aromatic rings. The van der Waals surface area contributed by atoms with Gasteiger partial charge in [-0.3, -0.25) is 0 Å². The molecule has 0 heterocycles. The van der Waals surface area contributed by atoms with Gasteiger partial charge in [0.1, 0.15) is 0 Å². The van der Waals surface area contributed by atoms with Crippen molar-refractivity contribution >= 4 is 11.6 Å². The first-order valence-electron chi connectivity index (χ1n) is 6.67. The molecule has 102 valence electrons. The molecule has 2 nitrogen and oxygen atoms in total. The summed E-state index contributed by atoms with van der Waals surface area (Å²) < 4.78 is 5.96. The predicted molar refractivity (Wildman–Crippen MR) is 77.9 cm³/mol. The average molecular weight is 270 g/mol. The molecular weight excluding hydrogens is 246 g/mol. The molecule has 0 saturated heterocycles. The summed E-state index contributed by atoms with van der Waals surface area (Å²) in [4.78, 5) is 0. The Morgan fingerprint density at radius 1 is 1.22 bits per heavy atom. The second kappa shape index (κ2) is 7.78. The first kappa shape index (κ1) is 15.5. The molecule has 2 unspecified atom stereocenters. The molecule has 1 aromatic carbocycles. The van der Waals surface area contributed by atoms with Crippen molar-refractivity contribution in [1.29, 1.82) is 0 Å². The fourth-order valence-corrected chi connectivity index (χ4v) is 1.89. The zero-order valence-electron chi connectivity index (χ0n) is 11.5. The van der Waals surface area contributed by atoms with Crippen LogP contribution in [-0.2, 0) is 4.74 Å². The van der Waals surface area contributed by atoms with Gasteiger partial charge in [0.25, 0.3) is 0 Å². The van der Waals surface area contributed by atoms with Crippen molar-refractivity contribution in [3.05, 3.63) is 34.9 Å². The van der Waals surface area contributed by atoms with E-state index < -0.39 is 0 Å². The van der Waals surface area contributed by atoms with Gasteiger partial charge >= 0.3 is 0 Å². The molecule has 0 aromatic heterocycles. The number of rotatable bonds is 7. The lowest BCUT2D eigenvalue weighted by atomic mass is 10.0. The predicted octanol–water partition coefficient (Wildman–Crippen LogP) is 4.18. The molecule has 2 atom stereocenters. The lowest BCUT2D eigenvalue weighted by molar-refractivity contribution is 0.0275. The minimum atomic E-state index is -0.0361. The standard InChI is InChI=1S/C15H24ClNO/c1-4-14(17)15(18-10-9-11(2)3)12-5-7-13(16)8-6-12/h5-8,11,14-15H,4,9-10,17H2,1-3H3. The van der Waals surface area contributed by atoms with Crippen LogP contribution >= 0.6 is 11.6 Å². The second-order valence-electron chi connectivity index (χ2n) is 5.10. The summed E-state index contributed by atoms with van der Waals surface area (Å²) in [6.07, 6.45) is 1.92. The molecule has 0 amide bonds. The van der Waals surface area contributed by atoms with E-state index in [0.29, 0.717) is 5.92 Å². The highest BCUT2D eigenvalue weighted by molar-refractivity contribution is 6.30. The van der Waals surface area contributed by atoms with Crippen LogP contribution in [0, 0.1) is 5.92 Å². The van der Waals surface area contributed by atoms with Crippen LogP contribution in [0.4, 0.5) is 0 Å². The van der Waals surface area contributed by atoms with Crippen molar-refractivity contribution in [3.63, 3.8) is 0 Å². The van der Waals surface area contributed by atoms with Gasteiger partial charge < -0.3 is 10.5 Å². The maximum absolute atomic E-state index is 6.15. The highest BCUT2D eigenvalue weighted by Gasteiger charge is 2.19. The van der Waals surface area contributed by atoms with Gasteiger partial charge in [0.05, 0.1) is 6.10 Å². The Labute approximate surface area is 115 Å². The summed E-state index contributed by atoms with van der Waals surface area (Å²) in [5.41, 5.74) is 7.25. The van der Waals surface area contributed by atoms with Crippen LogP contribution in [0.15, 0.2) is 24.3 Å². The van der Waals surface area contributed by atoms with E-state index in [9.17, 15) is 0 Å².